The predicted molar refractivity (Wildman–Crippen MR) is 48.7 cm³/mol. The SMILES string of the molecule is C#CC(=O)O.OC[C@@H](O)[C@H](O)[C@@H](O)CO. The second-order valence-corrected chi connectivity index (χ2v) is 2.44. The molecular weight excluding hydrogens is 208 g/mol. The maximum Gasteiger partial charge on any atom is 0.381 e. The molecule has 3 atom stereocenters. The van der Waals surface area contributed by atoms with Crippen molar-refractivity contribution in [3.63, 3.8) is 0 Å². The summed E-state index contributed by atoms with van der Waals surface area (Å²) in [4.78, 5) is 9.13. The molecule has 0 spiro atoms. The van der Waals surface area contributed by atoms with Gasteiger partial charge in [-0.3, -0.25) is 0 Å². The van der Waals surface area contributed by atoms with E-state index in [0.29, 0.717) is 0 Å². The number of carboxylic acids is 1. The molecule has 88 valence electrons. The standard InChI is InChI=1S/C5H12O5.C3H2O2/c6-1-3(8)5(10)4(9)2-7;1-2-3(4)5/h3-10H,1-2H2;1H,(H,4,5)/t3-,4+,5+;. The first kappa shape index (κ1) is 16.3. The van der Waals surface area contributed by atoms with Gasteiger partial charge < -0.3 is 30.6 Å². The number of rotatable bonds is 4. The minimum Gasteiger partial charge on any atom is -0.472 e. The highest BCUT2D eigenvalue weighted by atomic mass is 16.4. The van der Waals surface area contributed by atoms with E-state index in [1.165, 1.54) is 5.92 Å². The normalized spacial score (nSPS) is 15.2. The third-order valence-corrected chi connectivity index (χ3v) is 1.29. The lowest BCUT2D eigenvalue weighted by Crippen LogP contribution is -2.41. The molecule has 6 N–H and O–H groups in total. The van der Waals surface area contributed by atoms with Gasteiger partial charge in [0.1, 0.15) is 18.3 Å². The summed E-state index contributed by atoms with van der Waals surface area (Å²) in [5.41, 5.74) is 0. The molecule has 0 aliphatic heterocycles. The lowest BCUT2D eigenvalue weighted by Gasteiger charge is -2.19. The second kappa shape index (κ2) is 9.39. The maximum absolute atomic E-state index is 9.13. The quantitative estimate of drug-likeness (QED) is 0.275. The monoisotopic (exact) mass is 222 g/mol. The third-order valence-electron chi connectivity index (χ3n) is 1.29. The summed E-state index contributed by atoms with van der Waals surface area (Å²) in [6.45, 7) is -1.28. The van der Waals surface area contributed by atoms with Gasteiger partial charge in [-0.2, -0.15) is 0 Å². The van der Waals surface area contributed by atoms with E-state index >= 15 is 0 Å². The Morgan fingerprint density at radius 3 is 1.53 bits per heavy atom. The minimum atomic E-state index is -1.49. The average Bonchev–Trinajstić information content (AvgIpc) is 2.26. The summed E-state index contributed by atoms with van der Waals surface area (Å²) in [5.74, 6) is 0.227. The second-order valence-electron chi connectivity index (χ2n) is 2.44. The van der Waals surface area contributed by atoms with E-state index in [4.69, 9.17) is 35.4 Å². The van der Waals surface area contributed by atoms with Crippen molar-refractivity contribution in [3.05, 3.63) is 0 Å². The van der Waals surface area contributed by atoms with Gasteiger partial charge in [0.15, 0.2) is 0 Å². The van der Waals surface area contributed by atoms with Crippen molar-refractivity contribution in [1.29, 1.82) is 0 Å². The van der Waals surface area contributed by atoms with E-state index in [2.05, 4.69) is 6.42 Å². The molecule has 15 heavy (non-hydrogen) atoms. The van der Waals surface area contributed by atoms with E-state index in [1.54, 1.807) is 0 Å². The van der Waals surface area contributed by atoms with Crippen LogP contribution in [0.15, 0.2) is 0 Å². The van der Waals surface area contributed by atoms with Crippen molar-refractivity contribution in [2.24, 2.45) is 0 Å². The van der Waals surface area contributed by atoms with E-state index < -0.39 is 37.5 Å². The molecule has 0 bridgehead atoms. The molecule has 0 heterocycles. The van der Waals surface area contributed by atoms with Crippen molar-refractivity contribution < 1.29 is 35.4 Å². The van der Waals surface area contributed by atoms with Gasteiger partial charge in [-0.25, -0.2) is 4.79 Å². The van der Waals surface area contributed by atoms with Crippen LogP contribution in [0.3, 0.4) is 0 Å². The zero-order valence-corrected chi connectivity index (χ0v) is 7.82. The lowest BCUT2D eigenvalue weighted by molar-refractivity contribution is -0.130. The van der Waals surface area contributed by atoms with Crippen LogP contribution in [-0.2, 0) is 4.79 Å². The Kier molecular flexibility index (Phi) is 10.2. The summed E-state index contributed by atoms with van der Waals surface area (Å²) < 4.78 is 0. The number of aliphatic hydroxyl groups excluding tert-OH is 5. The molecule has 0 aromatic rings. The van der Waals surface area contributed by atoms with Gasteiger partial charge in [0.25, 0.3) is 0 Å². The van der Waals surface area contributed by atoms with Crippen LogP contribution in [-0.4, -0.2) is 68.1 Å². The van der Waals surface area contributed by atoms with Crippen LogP contribution in [0.5, 0.6) is 0 Å². The molecule has 0 fully saturated rings. The number of terminal acetylenes is 1. The van der Waals surface area contributed by atoms with Crippen LogP contribution in [0.4, 0.5) is 0 Å². The molecule has 0 aromatic heterocycles. The highest BCUT2D eigenvalue weighted by Crippen LogP contribution is 1.97. The van der Waals surface area contributed by atoms with Crippen molar-refractivity contribution in [2.45, 2.75) is 18.3 Å². The average molecular weight is 222 g/mol. The van der Waals surface area contributed by atoms with Gasteiger partial charge in [0.2, 0.25) is 0 Å². The first-order valence-corrected chi connectivity index (χ1v) is 3.86. The van der Waals surface area contributed by atoms with Gasteiger partial charge in [-0.05, 0) is 0 Å². The Morgan fingerprint density at radius 2 is 1.40 bits per heavy atom. The van der Waals surface area contributed by atoms with Crippen molar-refractivity contribution in [3.8, 4) is 12.3 Å². The molecule has 0 aliphatic carbocycles. The molecule has 0 radical (unpaired) electrons. The van der Waals surface area contributed by atoms with Gasteiger partial charge in [0.05, 0.1) is 13.2 Å². The number of aliphatic hydroxyl groups is 5. The molecular formula is C8H14O7. The maximum atomic E-state index is 9.13. The summed E-state index contributed by atoms with van der Waals surface area (Å²) in [7, 11) is 0. The Morgan fingerprint density at radius 1 is 1.13 bits per heavy atom. The third kappa shape index (κ3) is 9.14. The van der Waals surface area contributed by atoms with Gasteiger partial charge in [-0.15, -0.1) is 6.42 Å². The minimum absolute atomic E-state index is 0.641. The fourth-order valence-electron chi connectivity index (χ4n) is 0.472. The number of hydrogen-bond donors (Lipinski definition) is 6. The largest absolute Gasteiger partial charge is 0.472 e. The van der Waals surface area contributed by atoms with Gasteiger partial charge in [0, 0.05) is 5.92 Å². The zero-order chi connectivity index (χ0) is 12.4. The fraction of sp³-hybridized carbons (Fsp3) is 0.625. The number of aliphatic carboxylic acids is 1. The van der Waals surface area contributed by atoms with Gasteiger partial charge >= 0.3 is 5.97 Å². The summed E-state index contributed by atoms with van der Waals surface area (Å²) in [5, 5.41) is 50.1. The predicted octanol–water partition coefficient (Wildman–Crippen LogP) is -3.24. The summed E-state index contributed by atoms with van der Waals surface area (Å²) in [6, 6.07) is 0. The van der Waals surface area contributed by atoms with E-state index in [-0.39, 0.29) is 0 Å². The topological polar surface area (TPSA) is 138 Å². The number of hydrogen-bond acceptors (Lipinski definition) is 6. The van der Waals surface area contributed by atoms with Crippen molar-refractivity contribution >= 4 is 5.97 Å². The molecule has 0 rings (SSSR count). The molecule has 0 saturated heterocycles. The van der Waals surface area contributed by atoms with Crippen LogP contribution >= 0.6 is 0 Å². The van der Waals surface area contributed by atoms with Crippen LogP contribution in [0, 0.1) is 12.3 Å². The molecule has 0 aliphatic rings. The van der Waals surface area contributed by atoms with Crippen molar-refractivity contribution in [2.75, 3.05) is 13.2 Å². The summed E-state index contributed by atoms with van der Waals surface area (Å²) >= 11 is 0. The molecule has 0 aromatic carbocycles. The number of carboxylic acid groups (broad SMARTS) is 1. The molecule has 7 heteroatoms. The first-order valence-electron chi connectivity index (χ1n) is 3.86. The fourth-order valence-corrected chi connectivity index (χ4v) is 0.472. The van der Waals surface area contributed by atoms with Crippen LogP contribution in [0.25, 0.3) is 0 Å². The Balaban J connectivity index is 0. The highest BCUT2D eigenvalue weighted by Gasteiger charge is 2.22. The molecule has 0 unspecified atom stereocenters. The van der Waals surface area contributed by atoms with Crippen molar-refractivity contribution in [1.82, 2.24) is 0 Å². The molecule has 7 nitrogen and oxygen atoms in total. The Labute approximate surface area is 86.2 Å². The first-order chi connectivity index (χ1) is 6.90. The summed E-state index contributed by atoms with van der Waals surface area (Å²) in [6.07, 6.45) is 0.0294. The van der Waals surface area contributed by atoms with Crippen LogP contribution < -0.4 is 0 Å². The van der Waals surface area contributed by atoms with Crippen LogP contribution in [0.2, 0.25) is 0 Å². The van der Waals surface area contributed by atoms with E-state index in [9.17, 15) is 0 Å². The van der Waals surface area contributed by atoms with Crippen LogP contribution in [0.1, 0.15) is 0 Å². The Bertz CT molecular complexity index is 200. The molecule has 0 amide bonds. The number of carbonyl (C=O) groups is 1. The molecule has 0 saturated carbocycles. The highest BCUT2D eigenvalue weighted by molar-refractivity contribution is 5.85. The van der Waals surface area contributed by atoms with E-state index in [1.807, 2.05) is 0 Å². The van der Waals surface area contributed by atoms with Gasteiger partial charge in [-0.1, -0.05) is 0 Å². The lowest BCUT2D eigenvalue weighted by atomic mass is 10.1. The Hall–Kier alpha value is -1.17. The zero-order valence-electron chi connectivity index (χ0n) is 7.82. The van der Waals surface area contributed by atoms with E-state index in [0.717, 1.165) is 0 Å². The smallest absolute Gasteiger partial charge is 0.381 e.